The molecule has 2 unspecified atom stereocenters. The van der Waals surface area contributed by atoms with E-state index in [0.717, 1.165) is 26.0 Å². The van der Waals surface area contributed by atoms with E-state index >= 15 is 0 Å². The van der Waals surface area contributed by atoms with Gasteiger partial charge in [-0.25, -0.2) is 0 Å². The minimum Gasteiger partial charge on any atom is -0.392 e. The summed E-state index contributed by atoms with van der Waals surface area (Å²) in [6.07, 6.45) is 1.73. The van der Waals surface area contributed by atoms with Crippen molar-refractivity contribution in [3.8, 4) is 0 Å². The zero-order chi connectivity index (χ0) is 10.8. The second kappa shape index (κ2) is 6.04. The van der Waals surface area contributed by atoms with E-state index in [1.54, 1.807) is 0 Å². The Morgan fingerprint density at radius 1 is 1.47 bits per heavy atom. The fraction of sp³-hybridized carbons (Fsp3) is 1.00. The monoisotopic (exact) mass is 237 g/mol. The second-order valence-corrected chi connectivity index (χ2v) is 5.19. The molecule has 92 valence electrons. The van der Waals surface area contributed by atoms with Gasteiger partial charge in [0, 0.05) is 13.2 Å². The first-order chi connectivity index (χ1) is 6.41. The molecule has 0 spiro atoms. The molecule has 1 aliphatic heterocycles. The van der Waals surface area contributed by atoms with Crippen molar-refractivity contribution in [1.29, 1.82) is 0 Å². The molecule has 0 bridgehead atoms. The van der Waals surface area contributed by atoms with E-state index in [-0.39, 0.29) is 24.1 Å². The fourth-order valence-electron chi connectivity index (χ4n) is 2.13. The molecule has 1 saturated heterocycles. The van der Waals surface area contributed by atoms with Crippen molar-refractivity contribution in [2.45, 2.75) is 38.4 Å². The molecule has 3 nitrogen and oxygen atoms in total. The highest BCUT2D eigenvalue weighted by Gasteiger charge is 2.32. The van der Waals surface area contributed by atoms with E-state index in [4.69, 9.17) is 4.74 Å². The van der Waals surface area contributed by atoms with Crippen LogP contribution in [0.3, 0.4) is 0 Å². The lowest BCUT2D eigenvalue weighted by molar-refractivity contribution is -0.0972. The zero-order valence-electron chi connectivity index (χ0n) is 10.2. The molecule has 2 atom stereocenters. The van der Waals surface area contributed by atoms with Gasteiger partial charge in [0.25, 0.3) is 0 Å². The lowest BCUT2D eigenvalue weighted by Gasteiger charge is -2.38. The molecule has 0 aromatic heterocycles. The Kier molecular flexibility index (Phi) is 6.11. The van der Waals surface area contributed by atoms with Gasteiger partial charge in [0.1, 0.15) is 0 Å². The number of ether oxygens (including phenoxy) is 1. The van der Waals surface area contributed by atoms with Crippen LogP contribution < -0.4 is 0 Å². The van der Waals surface area contributed by atoms with Crippen molar-refractivity contribution in [2.75, 3.05) is 27.2 Å². The molecule has 4 heteroatoms. The lowest BCUT2D eigenvalue weighted by Crippen LogP contribution is -2.41. The Bertz CT molecular complexity index is 185. The Morgan fingerprint density at radius 2 is 2.07 bits per heavy atom. The van der Waals surface area contributed by atoms with Gasteiger partial charge in [-0.1, -0.05) is 0 Å². The molecule has 1 N–H and O–H groups in total. The summed E-state index contributed by atoms with van der Waals surface area (Å²) >= 11 is 0. The molecule has 0 radical (unpaired) electrons. The second-order valence-electron chi connectivity index (χ2n) is 5.19. The van der Waals surface area contributed by atoms with E-state index in [2.05, 4.69) is 13.8 Å². The Balaban J connectivity index is 0.00000196. The van der Waals surface area contributed by atoms with Gasteiger partial charge >= 0.3 is 0 Å². The summed E-state index contributed by atoms with van der Waals surface area (Å²) in [5.74, 6) is 0.390. The van der Waals surface area contributed by atoms with Gasteiger partial charge in [0.2, 0.25) is 0 Å². The van der Waals surface area contributed by atoms with Gasteiger partial charge in [-0.15, -0.1) is 12.4 Å². The summed E-state index contributed by atoms with van der Waals surface area (Å²) in [5.41, 5.74) is -0.0593. The molecular formula is C11H24ClNO2. The largest absolute Gasteiger partial charge is 0.392 e. The molecule has 1 heterocycles. The predicted molar refractivity (Wildman–Crippen MR) is 64.6 cm³/mol. The minimum atomic E-state index is -0.215. The third-order valence-corrected chi connectivity index (χ3v) is 2.83. The van der Waals surface area contributed by atoms with Crippen molar-refractivity contribution in [3.63, 3.8) is 0 Å². The molecule has 0 aliphatic carbocycles. The first kappa shape index (κ1) is 15.2. The highest BCUT2D eigenvalue weighted by molar-refractivity contribution is 5.85. The van der Waals surface area contributed by atoms with Crippen LogP contribution in [0.1, 0.15) is 26.7 Å². The normalized spacial score (nSPS) is 27.2. The number of hydrogen-bond acceptors (Lipinski definition) is 3. The minimum absolute atomic E-state index is 0. The van der Waals surface area contributed by atoms with Crippen LogP contribution in [0.15, 0.2) is 0 Å². The van der Waals surface area contributed by atoms with Crippen LogP contribution in [0.5, 0.6) is 0 Å². The molecule has 1 fully saturated rings. The highest BCUT2D eigenvalue weighted by atomic mass is 35.5. The first-order valence-corrected chi connectivity index (χ1v) is 5.37. The SMILES string of the molecule is CN(C)CC(O)C1CCOC(C)(C)C1.Cl. The zero-order valence-corrected chi connectivity index (χ0v) is 11.0. The summed E-state index contributed by atoms with van der Waals surface area (Å²) in [4.78, 5) is 2.03. The summed E-state index contributed by atoms with van der Waals surface area (Å²) in [6, 6.07) is 0. The fourth-order valence-corrected chi connectivity index (χ4v) is 2.13. The van der Waals surface area contributed by atoms with Crippen molar-refractivity contribution >= 4 is 12.4 Å². The maximum atomic E-state index is 9.98. The number of likely N-dealkylation sites (N-methyl/N-ethyl adjacent to an activating group) is 1. The van der Waals surface area contributed by atoms with Crippen LogP contribution in [-0.2, 0) is 4.74 Å². The third kappa shape index (κ3) is 5.16. The Hall–Kier alpha value is 0.170. The van der Waals surface area contributed by atoms with E-state index in [9.17, 15) is 5.11 Å². The predicted octanol–water partition coefficient (Wildman–Crippen LogP) is 1.54. The van der Waals surface area contributed by atoms with Gasteiger partial charge in [-0.3, -0.25) is 0 Å². The molecule has 0 aromatic carbocycles. The van der Waals surface area contributed by atoms with Crippen LogP contribution in [0.25, 0.3) is 0 Å². The Morgan fingerprint density at radius 3 is 2.53 bits per heavy atom. The van der Waals surface area contributed by atoms with Crippen LogP contribution in [0, 0.1) is 5.92 Å². The smallest absolute Gasteiger partial charge is 0.0696 e. The standard InChI is InChI=1S/C11H23NO2.ClH/c1-11(2)7-9(5-6-14-11)10(13)8-12(3)4;/h9-10,13H,5-8H2,1-4H3;1H. The first-order valence-electron chi connectivity index (χ1n) is 5.37. The maximum absolute atomic E-state index is 9.98. The molecule has 0 aromatic rings. The number of rotatable bonds is 3. The summed E-state index contributed by atoms with van der Waals surface area (Å²) in [5, 5.41) is 9.98. The van der Waals surface area contributed by atoms with Crippen LogP contribution >= 0.6 is 12.4 Å². The van der Waals surface area contributed by atoms with Gasteiger partial charge < -0.3 is 14.7 Å². The third-order valence-electron chi connectivity index (χ3n) is 2.83. The van der Waals surface area contributed by atoms with Gasteiger partial charge in [-0.05, 0) is 46.7 Å². The summed E-state index contributed by atoms with van der Waals surface area (Å²) in [6.45, 7) is 5.73. The van der Waals surface area contributed by atoms with E-state index in [1.165, 1.54) is 0 Å². The van der Waals surface area contributed by atoms with Crippen LogP contribution in [-0.4, -0.2) is 49.0 Å². The van der Waals surface area contributed by atoms with Crippen molar-refractivity contribution in [1.82, 2.24) is 4.90 Å². The number of hydrogen-bond donors (Lipinski definition) is 1. The van der Waals surface area contributed by atoms with E-state index in [0.29, 0.717) is 5.92 Å². The quantitative estimate of drug-likeness (QED) is 0.808. The average molecular weight is 238 g/mol. The molecule has 15 heavy (non-hydrogen) atoms. The number of halogens is 1. The molecule has 0 saturated carbocycles. The maximum Gasteiger partial charge on any atom is 0.0696 e. The topological polar surface area (TPSA) is 32.7 Å². The Labute approximate surface area is 99.2 Å². The summed E-state index contributed by atoms with van der Waals surface area (Å²) in [7, 11) is 3.99. The van der Waals surface area contributed by atoms with Gasteiger partial charge in [-0.2, -0.15) is 0 Å². The van der Waals surface area contributed by atoms with Crippen molar-refractivity contribution in [2.24, 2.45) is 5.92 Å². The van der Waals surface area contributed by atoms with E-state index < -0.39 is 0 Å². The molecular weight excluding hydrogens is 214 g/mol. The van der Waals surface area contributed by atoms with Gasteiger partial charge in [0.15, 0.2) is 0 Å². The average Bonchev–Trinajstić information content (AvgIpc) is 2.01. The molecule has 0 amide bonds. The lowest BCUT2D eigenvalue weighted by atomic mass is 9.84. The highest BCUT2D eigenvalue weighted by Crippen LogP contribution is 2.30. The molecule has 1 aliphatic rings. The van der Waals surface area contributed by atoms with Crippen molar-refractivity contribution < 1.29 is 9.84 Å². The number of nitrogens with zero attached hydrogens (tertiary/aromatic N) is 1. The van der Waals surface area contributed by atoms with Crippen LogP contribution in [0.4, 0.5) is 0 Å². The number of aliphatic hydroxyl groups excluding tert-OH is 1. The van der Waals surface area contributed by atoms with E-state index in [1.807, 2.05) is 19.0 Å². The van der Waals surface area contributed by atoms with Gasteiger partial charge in [0.05, 0.1) is 11.7 Å². The number of aliphatic hydroxyl groups is 1. The molecule has 1 rings (SSSR count). The summed E-state index contributed by atoms with van der Waals surface area (Å²) < 4.78 is 5.63. The van der Waals surface area contributed by atoms with Crippen LogP contribution in [0.2, 0.25) is 0 Å². The van der Waals surface area contributed by atoms with Crippen molar-refractivity contribution in [3.05, 3.63) is 0 Å².